The molecule has 0 saturated heterocycles. The van der Waals surface area contributed by atoms with Crippen LogP contribution in [0.5, 0.6) is 11.5 Å². The van der Waals surface area contributed by atoms with Gasteiger partial charge in [-0.1, -0.05) is 24.3 Å². The summed E-state index contributed by atoms with van der Waals surface area (Å²) in [7, 11) is 3.19. The summed E-state index contributed by atoms with van der Waals surface area (Å²) in [5.74, 6) is 0.584. The minimum atomic E-state index is -0.406. The van der Waals surface area contributed by atoms with Crippen molar-refractivity contribution in [3.05, 3.63) is 95.1 Å². The third-order valence-corrected chi connectivity index (χ3v) is 5.39. The van der Waals surface area contributed by atoms with Gasteiger partial charge in [-0.15, -0.1) is 0 Å². The molecule has 0 aliphatic carbocycles. The molecule has 3 aromatic carbocycles. The van der Waals surface area contributed by atoms with Gasteiger partial charge in [0, 0.05) is 30.6 Å². The van der Waals surface area contributed by atoms with Crippen LogP contribution in [-0.4, -0.2) is 51.2 Å². The predicted molar refractivity (Wildman–Crippen MR) is 141 cm³/mol. The molecular weight excluding hydrogens is 472 g/mol. The van der Waals surface area contributed by atoms with Crippen molar-refractivity contribution in [3.63, 3.8) is 0 Å². The highest BCUT2D eigenvalue weighted by atomic mass is 16.5. The fraction of sp³-hybridized carbons (Fsp3) is 0.214. The molecule has 3 N–H and O–H groups in total. The number of hydrogen-bond acceptors (Lipinski definition) is 6. The first-order valence-electron chi connectivity index (χ1n) is 11.7. The second-order valence-corrected chi connectivity index (χ2v) is 8.01. The monoisotopic (exact) mass is 502 g/mol. The van der Waals surface area contributed by atoms with Gasteiger partial charge >= 0.3 is 0 Å². The number of hydrazone groups is 1. The van der Waals surface area contributed by atoms with Gasteiger partial charge in [0.05, 0.1) is 20.4 Å². The molecule has 0 spiro atoms. The summed E-state index contributed by atoms with van der Waals surface area (Å²) >= 11 is 0. The highest BCUT2D eigenvalue weighted by Crippen LogP contribution is 2.13. The van der Waals surface area contributed by atoms with Crippen LogP contribution in [0.4, 0.5) is 0 Å². The number of carbonyl (C=O) groups is 3. The Bertz CT molecular complexity index is 1240. The topological polar surface area (TPSA) is 118 Å². The van der Waals surface area contributed by atoms with E-state index >= 15 is 0 Å². The average molecular weight is 503 g/mol. The smallest absolute Gasteiger partial charge is 0.271 e. The van der Waals surface area contributed by atoms with E-state index in [9.17, 15) is 14.4 Å². The molecule has 0 bridgehead atoms. The van der Waals surface area contributed by atoms with E-state index in [0.29, 0.717) is 29.8 Å². The molecule has 0 atom stereocenters. The summed E-state index contributed by atoms with van der Waals surface area (Å²) in [6, 6.07) is 21.1. The number of nitrogens with one attached hydrogen (secondary N) is 3. The zero-order valence-corrected chi connectivity index (χ0v) is 20.8. The van der Waals surface area contributed by atoms with Crippen LogP contribution in [0.2, 0.25) is 0 Å². The normalized spacial score (nSPS) is 10.5. The SMILES string of the molecule is COc1cccc(/C=N/NC(=O)c2ccc(C(=O)NCCC(=O)NCCc3cccc(OC)c3)cc2)c1. The first kappa shape index (κ1) is 26.9. The maximum absolute atomic E-state index is 12.4. The van der Waals surface area contributed by atoms with E-state index in [4.69, 9.17) is 9.47 Å². The Labute approximate surface area is 215 Å². The predicted octanol–water partition coefficient (Wildman–Crippen LogP) is 2.95. The lowest BCUT2D eigenvalue weighted by Gasteiger charge is -2.08. The number of rotatable bonds is 12. The Hall–Kier alpha value is -4.66. The molecule has 0 heterocycles. The number of hydrogen-bond donors (Lipinski definition) is 3. The van der Waals surface area contributed by atoms with Crippen LogP contribution in [0.3, 0.4) is 0 Å². The number of ether oxygens (including phenoxy) is 2. The molecule has 37 heavy (non-hydrogen) atoms. The first-order chi connectivity index (χ1) is 18.0. The van der Waals surface area contributed by atoms with Gasteiger partial charge in [-0.2, -0.15) is 5.10 Å². The summed E-state index contributed by atoms with van der Waals surface area (Å²) in [5, 5.41) is 9.51. The maximum atomic E-state index is 12.4. The molecule has 0 saturated carbocycles. The summed E-state index contributed by atoms with van der Waals surface area (Å²) < 4.78 is 10.3. The molecule has 192 valence electrons. The fourth-order valence-electron chi connectivity index (χ4n) is 3.38. The molecule has 3 rings (SSSR count). The lowest BCUT2D eigenvalue weighted by molar-refractivity contribution is -0.120. The molecule has 0 fully saturated rings. The highest BCUT2D eigenvalue weighted by molar-refractivity contribution is 5.98. The van der Waals surface area contributed by atoms with Gasteiger partial charge in [0.15, 0.2) is 0 Å². The maximum Gasteiger partial charge on any atom is 0.271 e. The van der Waals surface area contributed by atoms with Crippen molar-refractivity contribution in [1.29, 1.82) is 0 Å². The van der Waals surface area contributed by atoms with E-state index < -0.39 is 5.91 Å². The molecule has 9 nitrogen and oxygen atoms in total. The Morgan fingerprint density at radius 2 is 1.43 bits per heavy atom. The van der Waals surface area contributed by atoms with Crippen molar-refractivity contribution in [3.8, 4) is 11.5 Å². The molecule has 0 radical (unpaired) electrons. The van der Waals surface area contributed by atoms with Gasteiger partial charge in [-0.05, 0) is 66.1 Å². The van der Waals surface area contributed by atoms with Crippen molar-refractivity contribution < 1.29 is 23.9 Å². The molecule has 9 heteroatoms. The zero-order chi connectivity index (χ0) is 26.5. The highest BCUT2D eigenvalue weighted by Gasteiger charge is 2.09. The van der Waals surface area contributed by atoms with Gasteiger partial charge < -0.3 is 20.1 Å². The summed E-state index contributed by atoms with van der Waals surface area (Å²) in [5.41, 5.74) is 5.03. The van der Waals surface area contributed by atoms with Gasteiger partial charge in [-0.3, -0.25) is 14.4 Å². The first-order valence-corrected chi connectivity index (χ1v) is 11.7. The second-order valence-electron chi connectivity index (χ2n) is 8.01. The lowest BCUT2D eigenvalue weighted by Crippen LogP contribution is -2.31. The van der Waals surface area contributed by atoms with Gasteiger partial charge in [0.2, 0.25) is 5.91 Å². The quantitative estimate of drug-likeness (QED) is 0.260. The van der Waals surface area contributed by atoms with Crippen LogP contribution in [0, 0.1) is 0 Å². The van der Waals surface area contributed by atoms with E-state index in [0.717, 1.165) is 16.9 Å². The zero-order valence-electron chi connectivity index (χ0n) is 20.8. The van der Waals surface area contributed by atoms with Crippen LogP contribution >= 0.6 is 0 Å². The Morgan fingerprint density at radius 1 is 0.784 bits per heavy atom. The summed E-state index contributed by atoms with van der Waals surface area (Å²) in [6.07, 6.45) is 2.36. The molecule has 0 unspecified atom stereocenters. The fourth-order valence-corrected chi connectivity index (χ4v) is 3.38. The number of nitrogens with zero attached hydrogens (tertiary/aromatic N) is 1. The van der Waals surface area contributed by atoms with E-state index in [2.05, 4.69) is 21.2 Å². The van der Waals surface area contributed by atoms with Crippen LogP contribution in [0.15, 0.2) is 77.9 Å². The second kappa shape index (κ2) is 14.0. The molecule has 0 aliphatic heterocycles. The van der Waals surface area contributed by atoms with Crippen LogP contribution < -0.4 is 25.5 Å². The number of amides is 3. The van der Waals surface area contributed by atoms with Crippen LogP contribution in [-0.2, 0) is 11.2 Å². The molecule has 3 aromatic rings. The number of methoxy groups -OCH3 is 2. The van der Waals surface area contributed by atoms with Crippen molar-refractivity contribution >= 4 is 23.9 Å². The molecule has 0 aliphatic rings. The third kappa shape index (κ3) is 8.81. The van der Waals surface area contributed by atoms with Crippen molar-refractivity contribution in [2.75, 3.05) is 27.3 Å². The average Bonchev–Trinajstić information content (AvgIpc) is 2.93. The standard InChI is InChI=1S/C28H30N4O5/c1-36-24-7-3-5-20(17-24)13-15-29-26(33)14-16-30-27(34)22-9-11-23(12-10-22)28(35)32-31-19-21-6-4-8-25(18-21)37-2/h3-12,17-19H,13-16H2,1-2H3,(H,29,33)(H,30,34)(H,32,35)/b31-19+. The van der Waals surface area contributed by atoms with Crippen molar-refractivity contribution in [1.82, 2.24) is 16.1 Å². The molecular formula is C28H30N4O5. The van der Waals surface area contributed by atoms with E-state index in [1.165, 1.54) is 18.3 Å². The van der Waals surface area contributed by atoms with Crippen LogP contribution in [0.25, 0.3) is 0 Å². The Balaban J connectivity index is 1.37. The lowest BCUT2D eigenvalue weighted by atomic mass is 10.1. The minimum absolute atomic E-state index is 0.148. The van der Waals surface area contributed by atoms with Crippen molar-refractivity contribution in [2.45, 2.75) is 12.8 Å². The Morgan fingerprint density at radius 3 is 2.14 bits per heavy atom. The van der Waals surface area contributed by atoms with Gasteiger partial charge in [0.25, 0.3) is 11.8 Å². The largest absolute Gasteiger partial charge is 0.497 e. The summed E-state index contributed by atoms with van der Waals surface area (Å²) in [6.45, 7) is 0.693. The van der Waals surface area contributed by atoms with E-state index in [1.807, 2.05) is 42.5 Å². The third-order valence-electron chi connectivity index (χ3n) is 5.39. The van der Waals surface area contributed by atoms with E-state index in [-0.39, 0.29) is 24.8 Å². The number of carbonyl (C=O) groups excluding carboxylic acids is 3. The van der Waals surface area contributed by atoms with E-state index in [1.54, 1.807) is 32.4 Å². The van der Waals surface area contributed by atoms with Gasteiger partial charge in [0.1, 0.15) is 11.5 Å². The molecule has 3 amide bonds. The van der Waals surface area contributed by atoms with Crippen molar-refractivity contribution in [2.24, 2.45) is 5.10 Å². The number of benzene rings is 3. The van der Waals surface area contributed by atoms with Crippen LogP contribution in [0.1, 0.15) is 38.3 Å². The molecule has 0 aromatic heterocycles. The minimum Gasteiger partial charge on any atom is -0.497 e. The summed E-state index contributed by atoms with van der Waals surface area (Å²) in [4.78, 5) is 36.7. The van der Waals surface area contributed by atoms with Gasteiger partial charge in [-0.25, -0.2) is 5.43 Å². The Kier molecular flexibility index (Phi) is 10.2.